The standard InChI is InChI=1S/C7H7O.C7H8O.BrH.Mg/c1-8-7-5-3-2-4-6-7;8-6-7-4-2-1-3-5-7;;/h2-3,5-6H,1H3;1-5,8H,6H2;1H;/q-1;;;+2. The van der Waals surface area contributed by atoms with E-state index < -0.39 is 0 Å². The van der Waals surface area contributed by atoms with E-state index in [2.05, 4.69) is 6.07 Å². The quantitative estimate of drug-likeness (QED) is 0.681. The molecule has 0 aliphatic heterocycles. The van der Waals surface area contributed by atoms with Crippen LogP contribution in [0.1, 0.15) is 5.56 Å². The summed E-state index contributed by atoms with van der Waals surface area (Å²) in [5.41, 5.74) is 0.965. The largest absolute Gasteiger partial charge is 2.00 e. The summed E-state index contributed by atoms with van der Waals surface area (Å²) in [6.45, 7) is 0.140. The Labute approximate surface area is 135 Å². The molecule has 18 heavy (non-hydrogen) atoms. The summed E-state index contributed by atoms with van der Waals surface area (Å²) in [7, 11) is 1.64. The van der Waals surface area contributed by atoms with Gasteiger partial charge in [-0.15, -0.1) is 29.1 Å². The normalized spacial score (nSPS) is 7.89. The van der Waals surface area contributed by atoms with Gasteiger partial charge in [-0.3, -0.25) is 0 Å². The van der Waals surface area contributed by atoms with Crippen molar-refractivity contribution in [2.24, 2.45) is 0 Å². The molecule has 0 aliphatic rings. The number of hydrogen-bond acceptors (Lipinski definition) is 2. The van der Waals surface area contributed by atoms with Crippen LogP contribution >= 0.6 is 17.0 Å². The zero-order chi connectivity index (χ0) is 11.6. The number of aliphatic hydroxyl groups excluding tert-OH is 1. The molecule has 0 radical (unpaired) electrons. The average Bonchev–Trinajstić information content (AvgIpc) is 2.41. The average molecular weight is 320 g/mol. The fraction of sp³-hybridized carbons (Fsp3) is 0.143. The Kier molecular flexibility index (Phi) is 14.2. The van der Waals surface area contributed by atoms with Crippen molar-refractivity contribution in [2.45, 2.75) is 6.61 Å². The molecule has 0 fully saturated rings. The molecule has 0 saturated heterocycles. The van der Waals surface area contributed by atoms with Gasteiger partial charge in [-0.2, -0.15) is 18.2 Å². The Balaban J connectivity index is 0. The van der Waals surface area contributed by atoms with Gasteiger partial charge in [0.05, 0.1) is 13.7 Å². The molecule has 1 N–H and O–H groups in total. The number of hydrogen-bond donors (Lipinski definition) is 1. The first-order valence-corrected chi connectivity index (χ1v) is 5.01. The molecule has 0 unspecified atom stereocenters. The van der Waals surface area contributed by atoms with Crippen molar-refractivity contribution >= 4 is 40.0 Å². The molecule has 2 aromatic carbocycles. The van der Waals surface area contributed by atoms with Crippen LogP contribution in [-0.2, 0) is 6.61 Å². The van der Waals surface area contributed by atoms with Gasteiger partial charge >= 0.3 is 23.1 Å². The molecule has 0 aromatic heterocycles. The smallest absolute Gasteiger partial charge is 0.554 e. The van der Waals surface area contributed by atoms with Crippen LogP contribution in [0.25, 0.3) is 0 Å². The molecule has 0 amide bonds. The summed E-state index contributed by atoms with van der Waals surface area (Å²) < 4.78 is 4.88. The van der Waals surface area contributed by atoms with Gasteiger partial charge in [0.1, 0.15) is 0 Å². The van der Waals surface area contributed by atoms with Gasteiger partial charge in [-0.25, -0.2) is 0 Å². The molecule has 4 heteroatoms. The van der Waals surface area contributed by atoms with Gasteiger partial charge in [0, 0.05) is 5.75 Å². The van der Waals surface area contributed by atoms with E-state index in [1.807, 2.05) is 48.5 Å². The third-order valence-corrected chi connectivity index (χ3v) is 1.94. The minimum absolute atomic E-state index is 0. The second-order valence-electron chi connectivity index (χ2n) is 3.09. The van der Waals surface area contributed by atoms with Crippen molar-refractivity contribution in [3.8, 4) is 5.75 Å². The summed E-state index contributed by atoms with van der Waals surface area (Å²) in [6.07, 6.45) is 0. The molecule has 2 aromatic rings. The Hall–Kier alpha value is -0.554. The molecular weight excluding hydrogens is 304 g/mol. The van der Waals surface area contributed by atoms with Crippen LogP contribution < -0.4 is 4.74 Å². The summed E-state index contributed by atoms with van der Waals surface area (Å²) in [5, 5.41) is 8.54. The molecular formula is C14H16BrMgO2+. The van der Waals surface area contributed by atoms with Gasteiger partial charge in [-0.1, -0.05) is 30.3 Å². The first kappa shape index (κ1) is 19.8. The van der Waals surface area contributed by atoms with E-state index in [0.717, 1.165) is 11.3 Å². The van der Waals surface area contributed by atoms with Crippen LogP contribution in [-0.4, -0.2) is 35.3 Å². The summed E-state index contributed by atoms with van der Waals surface area (Å²) in [4.78, 5) is 0. The number of benzene rings is 2. The Morgan fingerprint density at radius 3 is 2.11 bits per heavy atom. The molecule has 0 bridgehead atoms. The molecule has 2 nitrogen and oxygen atoms in total. The molecule has 0 spiro atoms. The Bertz CT molecular complexity index is 342. The van der Waals surface area contributed by atoms with E-state index in [4.69, 9.17) is 9.84 Å². The molecule has 0 heterocycles. The Morgan fingerprint density at radius 1 is 1.11 bits per heavy atom. The van der Waals surface area contributed by atoms with Crippen molar-refractivity contribution in [2.75, 3.05) is 7.11 Å². The van der Waals surface area contributed by atoms with Gasteiger partial charge in [0.2, 0.25) is 0 Å². The van der Waals surface area contributed by atoms with Crippen LogP contribution in [0.15, 0.2) is 54.6 Å². The second kappa shape index (κ2) is 12.9. The van der Waals surface area contributed by atoms with Crippen molar-refractivity contribution in [1.82, 2.24) is 0 Å². The molecule has 92 valence electrons. The number of ether oxygens (including phenoxy) is 1. The number of aliphatic hydroxyl groups is 1. The predicted octanol–water partition coefficient (Wildman–Crippen LogP) is 2.87. The van der Waals surface area contributed by atoms with E-state index in [-0.39, 0.29) is 46.6 Å². The first-order chi connectivity index (χ1) is 7.86. The van der Waals surface area contributed by atoms with E-state index in [1.165, 1.54) is 0 Å². The van der Waals surface area contributed by atoms with E-state index >= 15 is 0 Å². The van der Waals surface area contributed by atoms with Crippen LogP contribution in [0.2, 0.25) is 0 Å². The van der Waals surface area contributed by atoms with Crippen molar-refractivity contribution in [3.63, 3.8) is 0 Å². The zero-order valence-electron chi connectivity index (χ0n) is 10.4. The molecule has 0 atom stereocenters. The minimum atomic E-state index is 0. The number of halogens is 1. The predicted molar refractivity (Wildman–Crippen MR) is 80.3 cm³/mol. The SMILES string of the molecule is Br.COc1c[c-]ccc1.OCc1ccccc1.[Mg+2]. The molecule has 0 aliphatic carbocycles. The summed E-state index contributed by atoms with van der Waals surface area (Å²) in [6, 6.07) is 19.8. The third-order valence-electron chi connectivity index (χ3n) is 1.94. The fourth-order valence-electron chi connectivity index (χ4n) is 1.09. The van der Waals surface area contributed by atoms with E-state index in [1.54, 1.807) is 13.2 Å². The number of rotatable bonds is 2. The van der Waals surface area contributed by atoms with Gasteiger partial charge < -0.3 is 9.84 Å². The van der Waals surface area contributed by atoms with Gasteiger partial charge in [0.25, 0.3) is 0 Å². The first-order valence-electron chi connectivity index (χ1n) is 5.01. The third kappa shape index (κ3) is 8.52. The van der Waals surface area contributed by atoms with Gasteiger partial charge in [-0.05, 0) is 5.56 Å². The fourth-order valence-corrected chi connectivity index (χ4v) is 1.09. The van der Waals surface area contributed by atoms with Crippen molar-refractivity contribution < 1.29 is 9.84 Å². The van der Waals surface area contributed by atoms with Crippen LogP contribution in [0.3, 0.4) is 0 Å². The number of methoxy groups -OCH3 is 1. The van der Waals surface area contributed by atoms with E-state index in [0.29, 0.717) is 0 Å². The minimum Gasteiger partial charge on any atom is -0.554 e. The second-order valence-corrected chi connectivity index (χ2v) is 3.09. The van der Waals surface area contributed by atoms with Crippen molar-refractivity contribution in [1.29, 1.82) is 0 Å². The van der Waals surface area contributed by atoms with Crippen LogP contribution in [0.4, 0.5) is 0 Å². The van der Waals surface area contributed by atoms with Crippen molar-refractivity contribution in [3.05, 3.63) is 66.2 Å². The maximum atomic E-state index is 8.54. The van der Waals surface area contributed by atoms with Crippen LogP contribution in [0, 0.1) is 6.07 Å². The molecule has 2 rings (SSSR count). The zero-order valence-corrected chi connectivity index (χ0v) is 13.5. The monoisotopic (exact) mass is 319 g/mol. The molecule has 0 saturated carbocycles. The summed E-state index contributed by atoms with van der Waals surface area (Å²) in [5.74, 6) is 0.854. The maximum Gasteiger partial charge on any atom is 2.00 e. The Morgan fingerprint density at radius 2 is 1.78 bits per heavy atom. The summed E-state index contributed by atoms with van der Waals surface area (Å²) >= 11 is 0. The van der Waals surface area contributed by atoms with Crippen LogP contribution in [0.5, 0.6) is 5.75 Å². The van der Waals surface area contributed by atoms with Gasteiger partial charge in [0.15, 0.2) is 0 Å². The van der Waals surface area contributed by atoms with E-state index in [9.17, 15) is 0 Å². The maximum absolute atomic E-state index is 8.54. The topological polar surface area (TPSA) is 29.5 Å².